The maximum Gasteiger partial charge on any atom is 0.124 e. The summed E-state index contributed by atoms with van der Waals surface area (Å²) in [7, 11) is 0. The normalized spacial score (nSPS) is 11.1. The quantitative estimate of drug-likeness (QED) is 0.824. The van der Waals surface area contributed by atoms with Crippen molar-refractivity contribution in [1.29, 1.82) is 0 Å². The molecule has 0 amide bonds. The minimum Gasteiger partial charge on any atom is -0.493 e. The predicted molar refractivity (Wildman–Crippen MR) is 82.6 cm³/mol. The number of aryl methyl sites for hydroxylation is 2. The number of aromatic nitrogens is 2. The van der Waals surface area contributed by atoms with E-state index in [-0.39, 0.29) is 0 Å². The van der Waals surface area contributed by atoms with E-state index in [9.17, 15) is 0 Å². The zero-order valence-corrected chi connectivity index (χ0v) is 13.2. The van der Waals surface area contributed by atoms with Crippen molar-refractivity contribution in [3.63, 3.8) is 0 Å². The van der Waals surface area contributed by atoms with Crippen molar-refractivity contribution in [1.82, 2.24) is 9.78 Å². The van der Waals surface area contributed by atoms with E-state index >= 15 is 0 Å². The van der Waals surface area contributed by atoms with Gasteiger partial charge in [0.25, 0.3) is 0 Å². The van der Waals surface area contributed by atoms with Crippen LogP contribution in [0.3, 0.4) is 0 Å². The minimum atomic E-state index is 0.493. The summed E-state index contributed by atoms with van der Waals surface area (Å²) in [6.45, 7) is 9.70. The Bertz CT molecular complexity index is 590. The number of benzene rings is 1. The van der Waals surface area contributed by atoms with Gasteiger partial charge in [-0.2, -0.15) is 5.10 Å². The molecule has 0 saturated carbocycles. The van der Waals surface area contributed by atoms with Crippen molar-refractivity contribution in [2.75, 3.05) is 6.61 Å². The van der Waals surface area contributed by atoms with E-state index in [2.05, 4.69) is 31.9 Å². The number of ether oxygens (including phenoxy) is 1. The molecule has 2 rings (SSSR count). The minimum absolute atomic E-state index is 0.493. The average molecular weight is 293 g/mol. The molecule has 0 radical (unpaired) electrons. The first-order valence-electron chi connectivity index (χ1n) is 6.88. The van der Waals surface area contributed by atoms with Crippen molar-refractivity contribution >= 4 is 11.6 Å². The molecule has 1 aromatic carbocycles. The maximum absolute atomic E-state index is 6.11. The lowest BCUT2D eigenvalue weighted by Gasteiger charge is -2.14. The Balaban J connectivity index is 2.25. The first-order chi connectivity index (χ1) is 9.45. The molecule has 1 heterocycles. The Kier molecular flexibility index (Phi) is 4.71. The van der Waals surface area contributed by atoms with Gasteiger partial charge in [-0.1, -0.05) is 25.4 Å². The van der Waals surface area contributed by atoms with Gasteiger partial charge in [-0.25, -0.2) is 0 Å². The molecule has 0 bridgehead atoms. The van der Waals surface area contributed by atoms with Crippen LogP contribution in [0.15, 0.2) is 24.3 Å². The lowest BCUT2D eigenvalue weighted by molar-refractivity contribution is 0.268. The Morgan fingerprint density at radius 1 is 1.25 bits per heavy atom. The molecule has 0 aliphatic carbocycles. The molecular formula is C16H21ClN2O. The smallest absolute Gasteiger partial charge is 0.124 e. The van der Waals surface area contributed by atoms with Crippen molar-refractivity contribution in [2.24, 2.45) is 5.92 Å². The Morgan fingerprint density at radius 2 is 2.00 bits per heavy atom. The van der Waals surface area contributed by atoms with Crippen LogP contribution in [-0.4, -0.2) is 16.4 Å². The largest absolute Gasteiger partial charge is 0.493 e. The number of rotatable bonds is 5. The molecule has 0 unspecified atom stereocenters. The third kappa shape index (κ3) is 3.76. The van der Waals surface area contributed by atoms with Crippen LogP contribution in [0.1, 0.15) is 30.8 Å². The summed E-state index contributed by atoms with van der Waals surface area (Å²) < 4.78 is 7.85. The summed E-state index contributed by atoms with van der Waals surface area (Å²) in [6.07, 6.45) is 0. The zero-order chi connectivity index (χ0) is 14.7. The van der Waals surface area contributed by atoms with E-state index in [1.807, 2.05) is 29.8 Å². The summed E-state index contributed by atoms with van der Waals surface area (Å²) >= 11 is 6.11. The van der Waals surface area contributed by atoms with Crippen LogP contribution in [0.25, 0.3) is 0 Å². The van der Waals surface area contributed by atoms with Crippen LogP contribution < -0.4 is 4.74 Å². The summed E-state index contributed by atoms with van der Waals surface area (Å²) in [5.41, 5.74) is 3.22. The molecule has 0 atom stereocenters. The van der Waals surface area contributed by atoms with Gasteiger partial charge in [-0.15, -0.1) is 0 Å². The van der Waals surface area contributed by atoms with Gasteiger partial charge in [0.05, 0.1) is 18.8 Å². The van der Waals surface area contributed by atoms with E-state index in [0.29, 0.717) is 19.1 Å². The third-order valence-corrected chi connectivity index (χ3v) is 3.25. The van der Waals surface area contributed by atoms with Gasteiger partial charge in [-0.05, 0) is 44.0 Å². The number of nitrogens with zero attached hydrogens (tertiary/aromatic N) is 2. The van der Waals surface area contributed by atoms with E-state index in [1.165, 1.54) is 0 Å². The highest BCUT2D eigenvalue weighted by Crippen LogP contribution is 2.24. The van der Waals surface area contributed by atoms with Crippen molar-refractivity contribution in [3.05, 3.63) is 46.2 Å². The number of hydrogen-bond acceptors (Lipinski definition) is 2. The first kappa shape index (κ1) is 14.9. The van der Waals surface area contributed by atoms with Crippen LogP contribution in [0, 0.1) is 19.8 Å². The predicted octanol–water partition coefficient (Wildman–Crippen LogP) is 4.24. The molecule has 1 aromatic heterocycles. The van der Waals surface area contributed by atoms with Gasteiger partial charge < -0.3 is 4.74 Å². The van der Waals surface area contributed by atoms with Crippen molar-refractivity contribution in [2.45, 2.75) is 34.2 Å². The Labute approximate surface area is 125 Å². The lowest BCUT2D eigenvalue weighted by Crippen LogP contribution is -2.09. The zero-order valence-electron chi connectivity index (χ0n) is 12.5. The van der Waals surface area contributed by atoms with E-state index in [0.717, 1.165) is 27.7 Å². The van der Waals surface area contributed by atoms with Crippen molar-refractivity contribution < 1.29 is 4.74 Å². The molecule has 0 N–H and O–H groups in total. The molecular weight excluding hydrogens is 272 g/mol. The van der Waals surface area contributed by atoms with Crippen LogP contribution >= 0.6 is 11.6 Å². The Morgan fingerprint density at radius 3 is 2.60 bits per heavy atom. The SMILES string of the molecule is Cc1cc(C)n(Cc2cc(Cl)ccc2OCC(C)C)n1. The highest BCUT2D eigenvalue weighted by Gasteiger charge is 2.09. The molecule has 2 aromatic rings. The second-order valence-corrected chi connectivity index (χ2v) is 5.98. The monoisotopic (exact) mass is 292 g/mol. The number of hydrogen-bond donors (Lipinski definition) is 0. The lowest BCUT2D eigenvalue weighted by atomic mass is 10.2. The molecule has 0 spiro atoms. The van der Waals surface area contributed by atoms with Gasteiger partial charge in [0.15, 0.2) is 0 Å². The van der Waals surface area contributed by atoms with Gasteiger partial charge >= 0.3 is 0 Å². The van der Waals surface area contributed by atoms with E-state index in [1.54, 1.807) is 0 Å². The van der Waals surface area contributed by atoms with Crippen LogP contribution in [-0.2, 0) is 6.54 Å². The second kappa shape index (κ2) is 6.31. The Hall–Kier alpha value is -1.48. The maximum atomic E-state index is 6.11. The summed E-state index contributed by atoms with van der Waals surface area (Å²) in [5.74, 6) is 1.38. The standard InChI is InChI=1S/C16H21ClN2O/c1-11(2)10-20-16-6-5-15(17)8-14(16)9-19-13(4)7-12(3)18-19/h5-8,11H,9-10H2,1-4H3. The second-order valence-electron chi connectivity index (χ2n) is 5.54. The third-order valence-electron chi connectivity index (χ3n) is 3.02. The molecule has 0 aliphatic rings. The fraction of sp³-hybridized carbons (Fsp3) is 0.438. The topological polar surface area (TPSA) is 27.1 Å². The van der Waals surface area contributed by atoms with E-state index < -0.39 is 0 Å². The van der Waals surface area contributed by atoms with Gasteiger partial charge in [0, 0.05) is 16.3 Å². The molecule has 20 heavy (non-hydrogen) atoms. The number of halogens is 1. The van der Waals surface area contributed by atoms with Crippen LogP contribution in [0.2, 0.25) is 5.02 Å². The molecule has 0 saturated heterocycles. The average Bonchev–Trinajstić information content (AvgIpc) is 2.66. The molecule has 0 aliphatic heterocycles. The first-order valence-corrected chi connectivity index (χ1v) is 7.26. The fourth-order valence-corrected chi connectivity index (χ4v) is 2.26. The summed E-state index contributed by atoms with van der Waals surface area (Å²) in [4.78, 5) is 0. The van der Waals surface area contributed by atoms with Crippen molar-refractivity contribution in [3.8, 4) is 5.75 Å². The van der Waals surface area contributed by atoms with Crippen LogP contribution in [0.5, 0.6) is 5.75 Å². The van der Waals surface area contributed by atoms with E-state index in [4.69, 9.17) is 16.3 Å². The summed E-state index contributed by atoms with van der Waals surface area (Å²) in [6, 6.07) is 7.82. The van der Waals surface area contributed by atoms with Gasteiger partial charge in [0.1, 0.15) is 5.75 Å². The summed E-state index contributed by atoms with van der Waals surface area (Å²) in [5, 5.41) is 5.21. The highest BCUT2D eigenvalue weighted by atomic mass is 35.5. The molecule has 3 nitrogen and oxygen atoms in total. The molecule has 4 heteroatoms. The molecule has 0 fully saturated rings. The van der Waals surface area contributed by atoms with Crippen LogP contribution in [0.4, 0.5) is 0 Å². The molecule has 108 valence electrons. The van der Waals surface area contributed by atoms with Gasteiger partial charge in [-0.3, -0.25) is 4.68 Å². The highest BCUT2D eigenvalue weighted by molar-refractivity contribution is 6.30. The van der Waals surface area contributed by atoms with Gasteiger partial charge in [0.2, 0.25) is 0 Å². The fourth-order valence-electron chi connectivity index (χ4n) is 2.07.